The number of carbonyl (C=O) groups is 1. The molecule has 0 saturated carbocycles. The molecule has 1 saturated heterocycles. The third-order valence-corrected chi connectivity index (χ3v) is 7.69. The van der Waals surface area contributed by atoms with Crippen LogP contribution in [0, 0.1) is 6.92 Å². The molecule has 3 heterocycles. The van der Waals surface area contributed by atoms with Crippen molar-refractivity contribution in [3.05, 3.63) is 66.2 Å². The zero-order valence-corrected chi connectivity index (χ0v) is 18.7. The standard InChI is InChI=1S/C22H23N3O4S2/c1-16-12-20(17-6-3-2-4-7-17)24-22(23-16)30-14-21(26)25(13-19-8-5-10-29-19)18-9-11-31(27,28)15-18/h2-8,10,12,18H,9,11,13-15H2,1H3. The molecular weight excluding hydrogens is 434 g/mol. The number of sulfone groups is 1. The van der Waals surface area contributed by atoms with Crippen molar-refractivity contribution in [1.82, 2.24) is 14.9 Å². The number of hydrogen-bond acceptors (Lipinski definition) is 7. The molecule has 7 nitrogen and oxygen atoms in total. The van der Waals surface area contributed by atoms with Crippen LogP contribution in [0.3, 0.4) is 0 Å². The van der Waals surface area contributed by atoms with Gasteiger partial charge in [0.15, 0.2) is 15.0 Å². The maximum atomic E-state index is 13.1. The summed E-state index contributed by atoms with van der Waals surface area (Å²) in [6, 6.07) is 14.9. The maximum absolute atomic E-state index is 13.1. The lowest BCUT2D eigenvalue weighted by molar-refractivity contribution is -0.131. The minimum atomic E-state index is -3.12. The highest BCUT2D eigenvalue weighted by molar-refractivity contribution is 7.99. The van der Waals surface area contributed by atoms with Gasteiger partial charge in [0.05, 0.1) is 35.8 Å². The van der Waals surface area contributed by atoms with E-state index in [1.807, 2.05) is 43.3 Å². The Morgan fingerprint density at radius 1 is 1.19 bits per heavy atom. The van der Waals surface area contributed by atoms with Gasteiger partial charge in [-0.3, -0.25) is 4.79 Å². The number of thioether (sulfide) groups is 1. The molecule has 1 atom stereocenters. The molecule has 31 heavy (non-hydrogen) atoms. The van der Waals surface area contributed by atoms with E-state index in [2.05, 4.69) is 9.97 Å². The van der Waals surface area contributed by atoms with Crippen LogP contribution in [0.15, 0.2) is 64.4 Å². The molecule has 0 N–H and O–H groups in total. The zero-order chi connectivity index (χ0) is 21.8. The number of benzene rings is 1. The lowest BCUT2D eigenvalue weighted by Crippen LogP contribution is -2.41. The first-order valence-corrected chi connectivity index (χ1v) is 12.8. The minimum absolute atomic E-state index is 0.0107. The number of nitrogens with zero attached hydrogens (tertiary/aromatic N) is 3. The van der Waals surface area contributed by atoms with Crippen molar-refractivity contribution in [2.24, 2.45) is 0 Å². The van der Waals surface area contributed by atoms with Crippen molar-refractivity contribution < 1.29 is 17.6 Å². The van der Waals surface area contributed by atoms with E-state index in [1.165, 1.54) is 11.8 Å². The van der Waals surface area contributed by atoms with Crippen molar-refractivity contribution >= 4 is 27.5 Å². The van der Waals surface area contributed by atoms with Gasteiger partial charge < -0.3 is 9.32 Å². The second-order valence-electron chi connectivity index (χ2n) is 7.49. The number of carbonyl (C=O) groups excluding carboxylic acids is 1. The van der Waals surface area contributed by atoms with Crippen LogP contribution < -0.4 is 0 Å². The Balaban J connectivity index is 1.49. The number of amides is 1. The average molecular weight is 458 g/mol. The molecular formula is C22H23N3O4S2. The SMILES string of the molecule is Cc1cc(-c2ccccc2)nc(SCC(=O)N(Cc2ccco2)C2CCS(=O)(=O)C2)n1. The fourth-order valence-corrected chi connectivity index (χ4v) is 6.10. The molecule has 1 unspecified atom stereocenters. The van der Waals surface area contributed by atoms with E-state index < -0.39 is 9.84 Å². The second-order valence-corrected chi connectivity index (χ2v) is 10.7. The minimum Gasteiger partial charge on any atom is -0.467 e. The highest BCUT2D eigenvalue weighted by Gasteiger charge is 2.35. The molecule has 1 aliphatic rings. The summed E-state index contributed by atoms with van der Waals surface area (Å²) < 4.78 is 29.3. The Hall–Kier alpha value is -2.65. The van der Waals surface area contributed by atoms with Crippen LogP contribution in [0.4, 0.5) is 0 Å². The highest BCUT2D eigenvalue weighted by Crippen LogP contribution is 2.24. The zero-order valence-electron chi connectivity index (χ0n) is 17.1. The van der Waals surface area contributed by atoms with Gasteiger partial charge in [-0.05, 0) is 31.5 Å². The van der Waals surface area contributed by atoms with Gasteiger partial charge in [0, 0.05) is 17.3 Å². The van der Waals surface area contributed by atoms with Crippen molar-refractivity contribution in [3.63, 3.8) is 0 Å². The van der Waals surface area contributed by atoms with Gasteiger partial charge in [-0.2, -0.15) is 0 Å². The Kier molecular flexibility index (Phi) is 6.43. The quantitative estimate of drug-likeness (QED) is 0.397. The van der Waals surface area contributed by atoms with Crippen molar-refractivity contribution in [1.29, 1.82) is 0 Å². The molecule has 1 fully saturated rings. The molecule has 1 amide bonds. The smallest absolute Gasteiger partial charge is 0.233 e. The molecule has 9 heteroatoms. The predicted octanol–water partition coefficient (Wildman–Crippen LogP) is 3.35. The molecule has 3 aromatic rings. The summed E-state index contributed by atoms with van der Waals surface area (Å²) in [7, 11) is -3.12. The summed E-state index contributed by atoms with van der Waals surface area (Å²) in [5.74, 6) is 0.683. The molecule has 0 bridgehead atoms. The second kappa shape index (κ2) is 9.23. The third-order valence-electron chi connectivity index (χ3n) is 5.10. The first kappa shape index (κ1) is 21.6. The summed E-state index contributed by atoms with van der Waals surface area (Å²) in [5.41, 5.74) is 2.60. The average Bonchev–Trinajstić information content (AvgIpc) is 3.39. The Bertz CT molecular complexity index is 1150. The van der Waals surface area contributed by atoms with Gasteiger partial charge in [0.1, 0.15) is 5.76 Å². The Labute approximate surface area is 185 Å². The number of furan rings is 1. The van der Waals surface area contributed by atoms with Crippen molar-refractivity contribution in [2.75, 3.05) is 17.3 Å². The summed E-state index contributed by atoms with van der Waals surface area (Å²) in [4.78, 5) is 23.8. The maximum Gasteiger partial charge on any atom is 0.233 e. The molecule has 1 aromatic carbocycles. The van der Waals surface area contributed by atoms with Crippen LogP contribution >= 0.6 is 11.8 Å². The fourth-order valence-electron chi connectivity index (χ4n) is 3.58. The Morgan fingerprint density at radius 3 is 2.68 bits per heavy atom. The van der Waals surface area contributed by atoms with Gasteiger partial charge >= 0.3 is 0 Å². The van der Waals surface area contributed by atoms with E-state index in [1.54, 1.807) is 23.3 Å². The topological polar surface area (TPSA) is 93.4 Å². The van der Waals surface area contributed by atoms with Crippen LogP contribution in [-0.4, -0.2) is 52.5 Å². The first-order valence-electron chi connectivity index (χ1n) is 9.96. The molecule has 1 aliphatic heterocycles. The fraction of sp³-hybridized carbons (Fsp3) is 0.318. The van der Waals surface area contributed by atoms with E-state index in [-0.39, 0.29) is 35.8 Å². The predicted molar refractivity (Wildman–Crippen MR) is 119 cm³/mol. The number of rotatable bonds is 7. The largest absolute Gasteiger partial charge is 0.467 e. The summed E-state index contributed by atoms with van der Waals surface area (Å²) in [6.45, 7) is 2.14. The van der Waals surface area contributed by atoms with E-state index in [0.29, 0.717) is 17.3 Å². The molecule has 2 aromatic heterocycles. The normalized spacial score (nSPS) is 17.5. The molecule has 0 spiro atoms. The van der Waals surface area contributed by atoms with Crippen molar-refractivity contribution in [3.8, 4) is 11.3 Å². The summed E-state index contributed by atoms with van der Waals surface area (Å²) in [5, 5.41) is 0.518. The van der Waals surface area contributed by atoms with Crippen LogP contribution in [0.25, 0.3) is 11.3 Å². The molecule has 0 aliphatic carbocycles. The van der Waals surface area contributed by atoms with Gasteiger partial charge in [-0.1, -0.05) is 42.1 Å². The summed E-state index contributed by atoms with van der Waals surface area (Å²) in [6.07, 6.45) is 1.99. The molecule has 0 radical (unpaired) electrons. The van der Waals surface area contributed by atoms with Crippen LogP contribution in [0.5, 0.6) is 0 Å². The van der Waals surface area contributed by atoms with E-state index in [9.17, 15) is 13.2 Å². The number of hydrogen-bond donors (Lipinski definition) is 0. The number of aromatic nitrogens is 2. The van der Waals surface area contributed by atoms with E-state index in [4.69, 9.17) is 4.42 Å². The van der Waals surface area contributed by atoms with Gasteiger partial charge in [-0.25, -0.2) is 18.4 Å². The third kappa shape index (κ3) is 5.54. The monoisotopic (exact) mass is 457 g/mol. The lowest BCUT2D eigenvalue weighted by atomic mass is 10.1. The number of aryl methyl sites for hydroxylation is 1. The van der Waals surface area contributed by atoms with Crippen LogP contribution in [-0.2, 0) is 21.2 Å². The van der Waals surface area contributed by atoms with Crippen molar-refractivity contribution in [2.45, 2.75) is 31.1 Å². The van der Waals surface area contributed by atoms with Gasteiger partial charge in [0.25, 0.3) is 0 Å². The van der Waals surface area contributed by atoms with E-state index in [0.717, 1.165) is 17.0 Å². The van der Waals surface area contributed by atoms with Crippen LogP contribution in [0.1, 0.15) is 17.9 Å². The molecule has 162 valence electrons. The van der Waals surface area contributed by atoms with Crippen LogP contribution in [0.2, 0.25) is 0 Å². The Morgan fingerprint density at radius 2 is 2.00 bits per heavy atom. The highest BCUT2D eigenvalue weighted by atomic mass is 32.2. The summed E-state index contributed by atoms with van der Waals surface area (Å²) >= 11 is 1.26. The lowest BCUT2D eigenvalue weighted by Gasteiger charge is -2.27. The first-order chi connectivity index (χ1) is 14.9. The van der Waals surface area contributed by atoms with Gasteiger partial charge in [0.2, 0.25) is 5.91 Å². The molecule has 4 rings (SSSR count). The van der Waals surface area contributed by atoms with Gasteiger partial charge in [-0.15, -0.1) is 0 Å². The van der Waals surface area contributed by atoms with E-state index >= 15 is 0 Å².